The number of nitro benzene ring substituents is 1. The van der Waals surface area contributed by atoms with Gasteiger partial charge in [-0.05, 0) is 17.7 Å². The molecule has 8 nitrogen and oxygen atoms in total. The molecule has 9 heteroatoms. The fourth-order valence-corrected chi connectivity index (χ4v) is 2.03. The summed E-state index contributed by atoms with van der Waals surface area (Å²) in [6.45, 7) is 0. The largest absolute Gasteiger partial charge is 0.375 e. The minimum atomic E-state index is -0.484. The number of aromatic nitrogens is 1. The van der Waals surface area contributed by atoms with Gasteiger partial charge in [-0.3, -0.25) is 14.9 Å². The predicted molar refractivity (Wildman–Crippen MR) is 79.1 cm³/mol. The van der Waals surface area contributed by atoms with Crippen molar-refractivity contribution < 1.29 is 9.72 Å². The van der Waals surface area contributed by atoms with Crippen LogP contribution in [-0.2, 0) is 11.2 Å². The third kappa shape index (κ3) is 4.35. The second kappa shape index (κ2) is 6.57. The van der Waals surface area contributed by atoms with Crippen LogP contribution in [0, 0.1) is 10.1 Å². The number of nitrogen functional groups attached to an aromatic ring is 1. The number of nitrogens with one attached hydrogen (secondary N) is 1. The number of thiazole rings is 1. The van der Waals surface area contributed by atoms with Gasteiger partial charge in [-0.15, -0.1) is 11.3 Å². The second-order valence-corrected chi connectivity index (χ2v) is 4.89. The molecule has 1 aromatic carbocycles. The highest BCUT2D eigenvalue weighted by atomic mass is 32.1. The molecule has 0 aliphatic heterocycles. The Morgan fingerprint density at radius 2 is 2.19 bits per heavy atom. The van der Waals surface area contributed by atoms with Gasteiger partial charge in [0.25, 0.3) is 5.69 Å². The highest BCUT2D eigenvalue weighted by Gasteiger charge is 2.05. The summed E-state index contributed by atoms with van der Waals surface area (Å²) in [5.74, 6) is -0.321. The number of non-ortho nitro benzene ring substituents is 1. The van der Waals surface area contributed by atoms with Crippen LogP contribution in [-0.4, -0.2) is 22.0 Å². The molecule has 0 aliphatic rings. The first kappa shape index (κ1) is 14.6. The fourth-order valence-electron chi connectivity index (χ4n) is 1.47. The monoisotopic (exact) mass is 305 g/mol. The van der Waals surface area contributed by atoms with Crippen molar-refractivity contribution in [2.75, 3.05) is 5.73 Å². The lowest BCUT2D eigenvalue weighted by atomic mass is 10.2. The number of hydrogen-bond donors (Lipinski definition) is 2. The van der Waals surface area contributed by atoms with Gasteiger partial charge in [0, 0.05) is 17.5 Å². The Morgan fingerprint density at radius 3 is 2.76 bits per heavy atom. The van der Waals surface area contributed by atoms with E-state index in [9.17, 15) is 14.9 Å². The molecule has 2 aromatic rings. The lowest BCUT2D eigenvalue weighted by Gasteiger charge is -1.97. The van der Waals surface area contributed by atoms with Crippen molar-refractivity contribution >= 4 is 34.3 Å². The number of hydrogen-bond acceptors (Lipinski definition) is 7. The average Bonchev–Trinajstić information content (AvgIpc) is 2.84. The Balaban J connectivity index is 1.86. The van der Waals surface area contributed by atoms with E-state index in [4.69, 9.17) is 5.73 Å². The van der Waals surface area contributed by atoms with Crippen LogP contribution in [0.3, 0.4) is 0 Å². The summed E-state index contributed by atoms with van der Waals surface area (Å²) in [6.07, 6.45) is 1.49. The molecular weight excluding hydrogens is 294 g/mol. The van der Waals surface area contributed by atoms with Crippen LogP contribution < -0.4 is 11.2 Å². The lowest BCUT2D eigenvalue weighted by Crippen LogP contribution is -2.19. The van der Waals surface area contributed by atoms with Crippen LogP contribution in [0.25, 0.3) is 0 Å². The Bertz CT molecular complexity index is 680. The van der Waals surface area contributed by atoms with E-state index >= 15 is 0 Å². The van der Waals surface area contributed by atoms with Gasteiger partial charge in [0.2, 0.25) is 5.91 Å². The first-order valence-electron chi connectivity index (χ1n) is 5.81. The number of carbonyl (C=O) groups excluding carboxylic acids is 1. The number of anilines is 1. The maximum absolute atomic E-state index is 11.6. The maximum atomic E-state index is 11.6. The number of benzene rings is 1. The van der Waals surface area contributed by atoms with Gasteiger partial charge < -0.3 is 5.73 Å². The molecule has 0 radical (unpaired) electrons. The third-order valence-electron chi connectivity index (χ3n) is 2.42. The fraction of sp³-hybridized carbons (Fsp3) is 0.0833. The molecule has 108 valence electrons. The SMILES string of the molecule is Nc1nc(CC(=O)N/N=C/c2ccc([N+](=O)[O-])cc2)cs1. The molecule has 3 N–H and O–H groups in total. The molecule has 1 heterocycles. The van der Waals surface area contributed by atoms with Crippen molar-refractivity contribution in [2.24, 2.45) is 5.10 Å². The van der Waals surface area contributed by atoms with Crippen molar-refractivity contribution in [1.29, 1.82) is 0 Å². The minimum absolute atomic E-state index is 0.00249. The van der Waals surface area contributed by atoms with E-state index in [1.54, 1.807) is 5.38 Å². The van der Waals surface area contributed by atoms with Gasteiger partial charge in [0.05, 0.1) is 23.3 Å². The topological polar surface area (TPSA) is 124 Å². The Labute approximate surface area is 123 Å². The average molecular weight is 305 g/mol. The predicted octanol–water partition coefficient (Wildman–Crippen LogP) is 1.33. The molecule has 0 saturated heterocycles. The van der Waals surface area contributed by atoms with E-state index in [2.05, 4.69) is 15.5 Å². The number of nitro groups is 1. The molecule has 0 saturated carbocycles. The van der Waals surface area contributed by atoms with Crippen molar-refractivity contribution in [3.05, 3.63) is 51.0 Å². The summed E-state index contributed by atoms with van der Waals surface area (Å²) in [6, 6.07) is 5.80. The Hall–Kier alpha value is -2.81. The van der Waals surface area contributed by atoms with Gasteiger partial charge in [-0.25, -0.2) is 10.4 Å². The normalized spacial score (nSPS) is 10.7. The zero-order valence-electron chi connectivity index (χ0n) is 10.7. The standard InChI is InChI=1S/C12H11N5O3S/c13-12-15-9(7-21-12)5-11(18)16-14-6-8-1-3-10(4-2-8)17(19)20/h1-4,6-7H,5H2,(H2,13,15)(H,16,18)/b14-6+. The molecule has 0 unspecified atom stereocenters. The van der Waals surface area contributed by atoms with E-state index in [1.807, 2.05) is 0 Å². The zero-order chi connectivity index (χ0) is 15.2. The van der Waals surface area contributed by atoms with E-state index < -0.39 is 4.92 Å². The number of nitrogens with zero attached hydrogens (tertiary/aromatic N) is 3. The maximum Gasteiger partial charge on any atom is 0.269 e. The quantitative estimate of drug-likeness (QED) is 0.490. The van der Waals surface area contributed by atoms with Crippen LogP contribution in [0.4, 0.5) is 10.8 Å². The van der Waals surface area contributed by atoms with Gasteiger partial charge >= 0.3 is 0 Å². The van der Waals surface area contributed by atoms with Crippen LogP contribution in [0.5, 0.6) is 0 Å². The van der Waals surface area contributed by atoms with Crippen LogP contribution in [0.2, 0.25) is 0 Å². The molecule has 0 fully saturated rings. The number of nitrogens with two attached hydrogens (primary N) is 1. The molecule has 1 amide bonds. The summed E-state index contributed by atoms with van der Waals surface area (Å²) < 4.78 is 0. The highest BCUT2D eigenvalue weighted by Crippen LogP contribution is 2.11. The summed E-state index contributed by atoms with van der Waals surface area (Å²) in [4.78, 5) is 25.5. The van der Waals surface area contributed by atoms with Gasteiger partial charge in [-0.2, -0.15) is 5.10 Å². The number of carbonyl (C=O) groups is 1. The lowest BCUT2D eigenvalue weighted by molar-refractivity contribution is -0.384. The van der Waals surface area contributed by atoms with E-state index in [0.717, 1.165) is 0 Å². The van der Waals surface area contributed by atoms with Gasteiger partial charge in [0.15, 0.2) is 5.13 Å². The number of hydrazone groups is 1. The van der Waals surface area contributed by atoms with Crippen molar-refractivity contribution in [3.63, 3.8) is 0 Å². The molecule has 21 heavy (non-hydrogen) atoms. The molecule has 0 aliphatic carbocycles. The number of rotatable bonds is 5. The summed E-state index contributed by atoms with van der Waals surface area (Å²) >= 11 is 1.26. The second-order valence-electron chi connectivity index (χ2n) is 4.00. The number of amides is 1. The molecule has 0 spiro atoms. The summed E-state index contributed by atoms with van der Waals surface area (Å²) in [5, 5.41) is 16.4. The van der Waals surface area contributed by atoms with Crippen LogP contribution in [0.15, 0.2) is 34.7 Å². The molecule has 2 rings (SSSR count). The van der Waals surface area contributed by atoms with Crippen molar-refractivity contribution in [3.8, 4) is 0 Å². The Kier molecular flexibility index (Phi) is 4.57. The first-order valence-corrected chi connectivity index (χ1v) is 6.69. The Morgan fingerprint density at radius 1 is 1.48 bits per heavy atom. The van der Waals surface area contributed by atoms with E-state index in [-0.39, 0.29) is 18.0 Å². The van der Waals surface area contributed by atoms with Crippen LogP contribution >= 0.6 is 11.3 Å². The highest BCUT2D eigenvalue weighted by molar-refractivity contribution is 7.13. The van der Waals surface area contributed by atoms with Crippen LogP contribution in [0.1, 0.15) is 11.3 Å². The molecule has 0 bridgehead atoms. The molecule has 1 aromatic heterocycles. The van der Waals surface area contributed by atoms with Gasteiger partial charge in [0.1, 0.15) is 0 Å². The summed E-state index contributed by atoms with van der Waals surface area (Å²) in [5.41, 5.74) is 9.03. The summed E-state index contributed by atoms with van der Waals surface area (Å²) in [7, 11) is 0. The van der Waals surface area contributed by atoms with Crippen molar-refractivity contribution in [1.82, 2.24) is 10.4 Å². The van der Waals surface area contributed by atoms with Gasteiger partial charge in [-0.1, -0.05) is 0 Å². The van der Waals surface area contributed by atoms with Crippen molar-refractivity contribution in [2.45, 2.75) is 6.42 Å². The zero-order valence-corrected chi connectivity index (χ0v) is 11.5. The van der Waals surface area contributed by atoms with E-state index in [0.29, 0.717) is 16.4 Å². The minimum Gasteiger partial charge on any atom is -0.375 e. The first-order chi connectivity index (χ1) is 10.0. The third-order valence-corrected chi connectivity index (χ3v) is 3.14. The molecule has 0 atom stereocenters. The van der Waals surface area contributed by atoms with E-state index in [1.165, 1.54) is 41.8 Å². The molecular formula is C12H11N5O3S. The smallest absolute Gasteiger partial charge is 0.269 e.